The van der Waals surface area contributed by atoms with Crippen molar-refractivity contribution in [2.24, 2.45) is 5.10 Å². The highest BCUT2D eigenvalue weighted by molar-refractivity contribution is 7.98. The first-order valence-corrected chi connectivity index (χ1v) is 9.78. The molecule has 1 aromatic heterocycles. The first-order chi connectivity index (χ1) is 10.9. The molecule has 0 bridgehead atoms. The summed E-state index contributed by atoms with van der Waals surface area (Å²) in [5, 5.41) is 9.22. The molecule has 0 amide bonds. The number of fused-ring (bicyclic) bond motifs is 3. The Hall–Kier alpha value is -1.46. The molecule has 22 heavy (non-hydrogen) atoms. The number of benzene rings is 1. The summed E-state index contributed by atoms with van der Waals surface area (Å²) in [6, 6.07) is 13.0. The van der Waals surface area contributed by atoms with Gasteiger partial charge in [0.05, 0.1) is 16.6 Å². The van der Waals surface area contributed by atoms with Crippen molar-refractivity contribution in [1.82, 2.24) is 5.01 Å². The highest BCUT2D eigenvalue weighted by Gasteiger charge is 2.39. The maximum atomic E-state index is 6.22. The Bertz CT molecular complexity index is 684. The first-order valence-electron chi connectivity index (χ1n) is 7.51. The van der Waals surface area contributed by atoms with Crippen LogP contribution in [0.2, 0.25) is 0 Å². The SMILES string of the molecule is CSCC[C@@H]1Oc2ccccc2[C@@H]2CC(c3cccs3)=NN12. The smallest absolute Gasteiger partial charge is 0.188 e. The van der Waals surface area contributed by atoms with E-state index in [4.69, 9.17) is 9.84 Å². The predicted octanol–water partition coefficient (Wildman–Crippen LogP) is 4.37. The Labute approximate surface area is 139 Å². The second-order valence-electron chi connectivity index (χ2n) is 5.52. The monoisotopic (exact) mass is 330 g/mol. The highest BCUT2D eigenvalue weighted by Crippen LogP contribution is 2.43. The van der Waals surface area contributed by atoms with Crippen LogP contribution < -0.4 is 4.74 Å². The fourth-order valence-electron chi connectivity index (χ4n) is 3.11. The average Bonchev–Trinajstić information content (AvgIpc) is 3.21. The van der Waals surface area contributed by atoms with Gasteiger partial charge in [0.15, 0.2) is 6.23 Å². The molecule has 0 N–H and O–H groups in total. The minimum absolute atomic E-state index is 0.0461. The number of rotatable bonds is 4. The summed E-state index contributed by atoms with van der Waals surface area (Å²) in [5.41, 5.74) is 2.45. The van der Waals surface area contributed by atoms with Gasteiger partial charge in [-0.3, -0.25) is 5.01 Å². The molecule has 4 rings (SSSR count). The molecule has 0 saturated heterocycles. The van der Waals surface area contributed by atoms with E-state index in [9.17, 15) is 0 Å². The second-order valence-corrected chi connectivity index (χ2v) is 7.45. The second kappa shape index (κ2) is 5.97. The van der Waals surface area contributed by atoms with Crippen molar-refractivity contribution < 1.29 is 4.74 Å². The lowest BCUT2D eigenvalue weighted by molar-refractivity contribution is -0.0180. The molecule has 114 valence electrons. The van der Waals surface area contributed by atoms with Crippen LogP contribution in [0.25, 0.3) is 0 Å². The Balaban J connectivity index is 1.69. The summed E-state index contributed by atoms with van der Waals surface area (Å²) < 4.78 is 6.22. The molecule has 0 fully saturated rings. The fraction of sp³-hybridized carbons (Fsp3) is 0.353. The lowest BCUT2D eigenvalue weighted by Gasteiger charge is -2.38. The number of para-hydroxylation sites is 1. The van der Waals surface area contributed by atoms with Gasteiger partial charge in [-0.05, 0) is 29.5 Å². The zero-order chi connectivity index (χ0) is 14.9. The number of hydrogen-bond donors (Lipinski definition) is 0. The lowest BCUT2D eigenvalue weighted by atomic mass is 9.98. The normalized spacial score (nSPS) is 22.8. The molecule has 5 heteroatoms. The highest BCUT2D eigenvalue weighted by atomic mass is 32.2. The summed E-state index contributed by atoms with van der Waals surface area (Å²) in [4.78, 5) is 1.27. The van der Waals surface area contributed by atoms with Crippen LogP contribution in [0.5, 0.6) is 5.75 Å². The van der Waals surface area contributed by atoms with Gasteiger partial charge in [-0.15, -0.1) is 11.3 Å². The Morgan fingerprint density at radius 3 is 3.05 bits per heavy atom. The number of hydrazone groups is 1. The molecule has 3 nitrogen and oxygen atoms in total. The van der Waals surface area contributed by atoms with Gasteiger partial charge in [-0.2, -0.15) is 16.9 Å². The third-order valence-electron chi connectivity index (χ3n) is 4.15. The molecule has 1 aromatic carbocycles. The van der Waals surface area contributed by atoms with E-state index in [1.807, 2.05) is 11.8 Å². The van der Waals surface area contributed by atoms with Crippen LogP contribution in [0.3, 0.4) is 0 Å². The largest absolute Gasteiger partial charge is 0.469 e. The van der Waals surface area contributed by atoms with Crippen LogP contribution in [0.15, 0.2) is 46.9 Å². The van der Waals surface area contributed by atoms with Gasteiger partial charge in [0.1, 0.15) is 5.75 Å². The van der Waals surface area contributed by atoms with Crippen molar-refractivity contribution in [2.75, 3.05) is 12.0 Å². The molecule has 3 heterocycles. The van der Waals surface area contributed by atoms with E-state index >= 15 is 0 Å². The van der Waals surface area contributed by atoms with E-state index < -0.39 is 0 Å². The van der Waals surface area contributed by atoms with E-state index in [1.165, 1.54) is 16.2 Å². The maximum absolute atomic E-state index is 6.22. The average molecular weight is 330 g/mol. The van der Waals surface area contributed by atoms with Crippen LogP contribution in [-0.4, -0.2) is 29.0 Å². The van der Waals surface area contributed by atoms with Gasteiger partial charge in [0.2, 0.25) is 0 Å². The topological polar surface area (TPSA) is 24.8 Å². The lowest BCUT2D eigenvalue weighted by Crippen LogP contribution is -2.40. The number of nitrogens with zero attached hydrogens (tertiary/aromatic N) is 2. The molecule has 0 radical (unpaired) electrons. The maximum Gasteiger partial charge on any atom is 0.188 e. The van der Waals surface area contributed by atoms with E-state index in [2.05, 4.69) is 53.0 Å². The molecule has 2 aliphatic heterocycles. The summed E-state index contributed by atoms with van der Waals surface area (Å²) in [6.07, 6.45) is 4.15. The summed E-state index contributed by atoms with van der Waals surface area (Å²) in [5.74, 6) is 2.11. The Morgan fingerprint density at radius 1 is 1.32 bits per heavy atom. The summed E-state index contributed by atoms with van der Waals surface area (Å²) in [7, 11) is 0. The Kier molecular flexibility index (Phi) is 3.84. The molecule has 0 unspecified atom stereocenters. The summed E-state index contributed by atoms with van der Waals surface area (Å²) in [6.45, 7) is 0. The summed E-state index contributed by atoms with van der Waals surface area (Å²) >= 11 is 3.62. The minimum Gasteiger partial charge on any atom is -0.469 e. The van der Waals surface area contributed by atoms with Gasteiger partial charge in [-0.25, -0.2) is 0 Å². The van der Waals surface area contributed by atoms with E-state index in [0.717, 1.165) is 24.3 Å². The molecule has 0 aliphatic carbocycles. The zero-order valence-electron chi connectivity index (χ0n) is 12.4. The minimum atomic E-state index is 0.0461. The predicted molar refractivity (Wildman–Crippen MR) is 93.9 cm³/mol. The van der Waals surface area contributed by atoms with Crippen LogP contribution >= 0.6 is 23.1 Å². The molecule has 2 atom stereocenters. The van der Waals surface area contributed by atoms with E-state index in [0.29, 0.717) is 6.04 Å². The van der Waals surface area contributed by atoms with Crippen molar-refractivity contribution in [3.63, 3.8) is 0 Å². The molecule has 2 aliphatic rings. The first kappa shape index (κ1) is 14.2. The van der Waals surface area contributed by atoms with Crippen molar-refractivity contribution in [3.05, 3.63) is 52.2 Å². The number of ether oxygens (including phenoxy) is 1. The molecule has 0 spiro atoms. The zero-order valence-corrected chi connectivity index (χ0v) is 14.1. The third-order valence-corrected chi connectivity index (χ3v) is 5.72. The molecular weight excluding hydrogens is 312 g/mol. The Morgan fingerprint density at radius 2 is 2.23 bits per heavy atom. The number of hydrogen-bond acceptors (Lipinski definition) is 5. The van der Waals surface area contributed by atoms with Gasteiger partial charge in [0.25, 0.3) is 0 Å². The third kappa shape index (κ3) is 2.42. The van der Waals surface area contributed by atoms with Crippen LogP contribution in [0.1, 0.15) is 29.3 Å². The van der Waals surface area contributed by atoms with Crippen molar-refractivity contribution in [2.45, 2.75) is 25.1 Å². The van der Waals surface area contributed by atoms with Crippen molar-refractivity contribution in [3.8, 4) is 5.75 Å². The van der Waals surface area contributed by atoms with Gasteiger partial charge in [0, 0.05) is 18.4 Å². The molecule has 2 aromatic rings. The van der Waals surface area contributed by atoms with E-state index in [-0.39, 0.29) is 6.23 Å². The van der Waals surface area contributed by atoms with Crippen LogP contribution in [0, 0.1) is 0 Å². The van der Waals surface area contributed by atoms with Crippen molar-refractivity contribution in [1.29, 1.82) is 0 Å². The van der Waals surface area contributed by atoms with Crippen LogP contribution in [0.4, 0.5) is 0 Å². The van der Waals surface area contributed by atoms with Crippen LogP contribution in [-0.2, 0) is 0 Å². The standard InChI is InChI=1S/C17H18N2OS2/c1-21-10-8-17-19-14(12-5-2-3-6-15(12)20-17)11-13(18-19)16-7-4-9-22-16/h2-7,9,14,17H,8,10-11H2,1H3/t14-,17-/m0/s1. The van der Waals surface area contributed by atoms with Gasteiger partial charge in [-0.1, -0.05) is 24.3 Å². The van der Waals surface area contributed by atoms with Gasteiger partial charge >= 0.3 is 0 Å². The number of thioether (sulfide) groups is 1. The van der Waals surface area contributed by atoms with Gasteiger partial charge < -0.3 is 4.74 Å². The number of thiophene rings is 1. The molecular formula is C17H18N2OS2. The fourth-order valence-corrected chi connectivity index (χ4v) is 4.27. The van der Waals surface area contributed by atoms with E-state index in [1.54, 1.807) is 11.3 Å². The van der Waals surface area contributed by atoms with Crippen molar-refractivity contribution >= 4 is 28.8 Å². The molecule has 0 saturated carbocycles. The quantitative estimate of drug-likeness (QED) is 0.832.